The van der Waals surface area contributed by atoms with E-state index in [1.165, 1.54) is 19.6 Å². The molecule has 1 aromatic heterocycles. The van der Waals surface area contributed by atoms with E-state index in [9.17, 15) is 14.4 Å². The highest BCUT2D eigenvalue weighted by Gasteiger charge is 2.34. The van der Waals surface area contributed by atoms with Crippen molar-refractivity contribution in [3.05, 3.63) is 56.3 Å². The van der Waals surface area contributed by atoms with Crippen molar-refractivity contribution in [1.82, 2.24) is 19.7 Å². The fraction of sp³-hybridized carbons (Fsp3) is 0.500. The molecule has 1 aliphatic rings. The number of nitrogens with zero attached hydrogens (tertiary/aromatic N) is 4. The van der Waals surface area contributed by atoms with Crippen LogP contribution in [0.25, 0.3) is 0 Å². The summed E-state index contributed by atoms with van der Waals surface area (Å²) in [7, 11) is 3.36. The number of anilines is 1. The number of pyridine rings is 1. The molecule has 0 radical (unpaired) electrons. The maximum Gasteiger partial charge on any atom is 0.253 e. The van der Waals surface area contributed by atoms with Crippen molar-refractivity contribution >= 4 is 46.1 Å². The summed E-state index contributed by atoms with van der Waals surface area (Å²) in [5.74, 6) is -0.187. The van der Waals surface area contributed by atoms with Gasteiger partial charge in [-0.3, -0.25) is 19.3 Å². The molecule has 1 aliphatic heterocycles. The molecule has 37 heavy (non-hydrogen) atoms. The zero-order valence-corrected chi connectivity index (χ0v) is 24.8. The molecule has 1 aromatic carbocycles. The van der Waals surface area contributed by atoms with E-state index in [1.807, 2.05) is 6.92 Å². The number of benzene rings is 1. The normalized spacial score (nSPS) is 15.2. The zero-order valence-electron chi connectivity index (χ0n) is 22.7. The maximum absolute atomic E-state index is 13.3. The van der Waals surface area contributed by atoms with Crippen molar-refractivity contribution in [1.29, 1.82) is 0 Å². The molecule has 1 fully saturated rings. The molecule has 8 nitrogen and oxygen atoms in total. The molecule has 1 atom stereocenters. The van der Waals surface area contributed by atoms with Gasteiger partial charge in [0.1, 0.15) is 11.9 Å². The Morgan fingerprint density at radius 3 is 2.41 bits per heavy atom. The second-order valence-electron chi connectivity index (χ2n) is 9.99. The lowest BCUT2D eigenvalue weighted by molar-refractivity contribution is -0.141. The second kappa shape index (κ2) is 12.8. The zero-order chi connectivity index (χ0) is 27.3. The van der Waals surface area contributed by atoms with Gasteiger partial charge in [0.15, 0.2) is 0 Å². The number of aryl methyl sites for hydroxylation is 2. The van der Waals surface area contributed by atoms with Gasteiger partial charge in [0.2, 0.25) is 11.8 Å². The van der Waals surface area contributed by atoms with Crippen LogP contribution in [0.4, 0.5) is 5.82 Å². The van der Waals surface area contributed by atoms with Gasteiger partial charge in [0.25, 0.3) is 5.91 Å². The minimum atomic E-state index is -0.654. The lowest BCUT2D eigenvalue weighted by Crippen LogP contribution is -2.54. The number of rotatable bonds is 8. The van der Waals surface area contributed by atoms with Crippen LogP contribution in [0.1, 0.15) is 60.3 Å². The Balaban J connectivity index is 1.67. The highest BCUT2D eigenvalue weighted by molar-refractivity contribution is 14.1. The van der Waals surface area contributed by atoms with Gasteiger partial charge in [0, 0.05) is 61.0 Å². The summed E-state index contributed by atoms with van der Waals surface area (Å²) in [4.78, 5) is 48.7. The van der Waals surface area contributed by atoms with Crippen LogP contribution >= 0.6 is 22.6 Å². The first-order valence-electron chi connectivity index (χ1n) is 12.8. The Morgan fingerprint density at radius 2 is 1.81 bits per heavy atom. The number of aromatic nitrogens is 1. The largest absolute Gasteiger partial charge is 0.345 e. The van der Waals surface area contributed by atoms with Gasteiger partial charge in [-0.15, -0.1) is 0 Å². The average molecular weight is 620 g/mol. The summed E-state index contributed by atoms with van der Waals surface area (Å²) < 4.78 is 1.27. The predicted molar refractivity (Wildman–Crippen MR) is 154 cm³/mol. The second-order valence-corrected chi connectivity index (χ2v) is 11.2. The van der Waals surface area contributed by atoms with Crippen LogP contribution in [0.3, 0.4) is 0 Å². The Bertz CT molecular complexity index is 1140. The summed E-state index contributed by atoms with van der Waals surface area (Å²) in [6.07, 6.45) is 1.97. The summed E-state index contributed by atoms with van der Waals surface area (Å²) in [6, 6.07) is 9.19. The number of carbonyl (C=O) groups is 3. The quantitative estimate of drug-likeness (QED) is 0.448. The smallest absolute Gasteiger partial charge is 0.253 e. The SMILES string of the molecule is CCC(=O)N(C1CCN(Cc2ccc(I)c(C)c2)CC1)[C@H](C)C(=O)Nc1cc(C(=O)N(C)C)cc(C)n1. The molecule has 200 valence electrons. The first-order valence-corrected chi connectivity index (χ1v) is 13.9. The summed E-state index contributed by atoms with van der Waals surface area (Å²) in [5.41, 5.74) is 3.67. The minimum absolute atomic E-state index is 0.000689. The molecule has 1 saturated heterocycles. The van der Waals surface area contributed by atoms with Crippen LogP contribution in [0.2, 0.25) is 0 Å². The lowest BCUT2D eigenvalue weighted by atomic mass is 9.99. The topological polar surface area (TPSA) is 85.8 Å². The van der Waals surface area contributed by atoms with Crippen molar-refractivity contribution in [2.75, 3.05) is 32.5 Å². The molecule has 0 spiro atoms. The Morgan fingerprint density at radius 1 is 1.14 bits per heavy atom. The standard InChI is InChI=1S/C28H38IN5O3/c1-7-26(35)34(23-10-12-33(13-11-23)17-21-8-9-24(29)18(2)14-21)20(4)27(36)31-25-16-22(15-19(3)30-25)28(37)32(5)6/h8-9,14-16,20,23H,7,10-13,17H2,1-6H3,(H,30,31,36)/t20-/m1/s1. The number of likely N-dealkylation sites (tertiary alicyclic amines) is 1. The number of hydrogen-bond donors (Lipinski definition) is 1. The van der Waals surface area contributed by atoms with E-state index in [4.69, 9.17) is 0 Å². The van der Waals surface area contributed by atoms with Crippen LogP contribution in [0.5, 0.6) is 0 Å². The monoisotopic (exact) mass is 619 g/mol. The molecule has 0 bridgehead atoms. The summed E-state index contributed by atoms with van der Waals surface area (Å²) in [6.45, 7) is 10.1. The number of hydrogen-bond acceptors (Lipinski definition) is 5. The first kappa shape index (κ1) is 29.0. The van der Waals surface area contributed by atoms with E-state index < -0.39 is 6.04 Å². The van der Waals surface area contributed by atoms with Gasteiger partial charge in [-0.1, -0.05) is 19.1 Å². The van der Waals surface area contributed by atoms with Crippen LogP contribution in [0.15, 0.2) is 30.3 Å². The van der Waals surface area contributed by atoms with E-state index >= 15 is 0 Å². The number of piperidine rings is 1. The summed E-state index contributed by atoms with van der Waals surface area (Å²) in [5, 5.41) is 2.84. The molecule has 0 aliphatic carbocycles. The first-order chi connectivity index (χ1) is 17.5. The van der Waals surface area contributed by atoms with E-state index in [2.05, 4.69) is 62.9 Å². The summed E-state index contributed by atoms with van der Waals surface area (Å²) >= 11 is 2.35. The Labute approximate surface area is 233 Å². The van der Waals surface area contributed by atoms with Crippen LogP contribution < -0.4 is 5.32 Å². The predicted octanol–water partition coefficient (Wildman–Crippen LogP) is 4.24. The molecule has 9 heteroatoms. The highest BCUT2D eigenvalue weighted by atomic mass is 127. The molecular weight excluding hydrogens is 581 g/mol. The molecule has 3 amide bonds. The molecule has 0 unspecified atom stereocenters. The van der Waals surface area contributed by atoms with Gasteiger partial charge >= 0.3 is 0 Å². The average Bonchev–Trinajstić information content (AvgIpc) is 2.86. The van der Waals surface area contributed by atoms with Crippen molar-refractivity contribution in [3.8, 4) is 0 Å². The van der Waals surface area contributed by atoms with Crippen molar-refractivity contribution in [2.45, 2.75) is 65.6 Å². The number of amides is 3. The molecule has 2 heterocycles. The number of nitrogens with one attached hydrogen (secondary N) is 1. The van der Waals surface area contributed by atoms with E-state index in [0.717, 1.165) is 32.5 Å². The van der Waals surface area contributed by atoms with Crippen LogP contribution in [0, 0.1) is 17.4 Å². The van der Waals surface area contributed by atoms with E-state index in [1.54, 1.807) is 45.0 Å². The fourth-order valence-corrected chi connectivity index (χ4v) is 5.14. The molecule has 3 rings (SSSR count). The van der Waals surface area contributed by atoms with Crippen molar-refractivity contribution in [3.63, 3.8) is 0 Å². The van der Waals surface area contributed by atoms with E-state index in [-0.39, 0.29) is 23.8 Å². The van der Waals surface area contributed by atoms with Gasteiger partial charge in [0.05, 0.1) is 0 Å². The molecule has 1 N–H and O–H groups in total. The van der Waals surface area contributed by atoms with Gasteiger partial charge in [-0.2, -0.15) is 0 Å². The van der Waals surface area contributed by atoms with Crippen LogP contribution in [-0.2, 0) is 16.1 Å². The molecule has 2 aromatic rings. The third-order valence-corrected chi connectivity index (χ3v) is 8.03. The van der Waals surface area contributed by atoms with Crippen molar-refractivity contribution < 1.29 is 14.4 Å². The highest BCUT2D eigenvalue weighted by Crippen LogP contribution is 2.23. The van der Waals surface area contributed by atoms with E-state index in [0.29, 0.717) is 23.5 Å². The fourth-order valence-electron chi connectivity index (χ4n) is 4.81. The minimum Gasteiger partial charge on any atom is -0.345 e. The maximum atomic E-state index is 13.3. The van der Waals surface area contributed by atoms with Gasteiger partial charge in [-0.05, 0) is 85.5 Å². The van der Waals surface area contributed by atoms with Gasteiger partial charge < -0.3 is 15.1 Å². The Kier molecular flexibility index (Phi) is 10.1. The Hall–Kier alpha value is -2.53. The lowest BCUT2D eigenvalue weighted by Gasteiger charge is -2.41. The van der Waals surface area contributed by atoms with Crippen molar-refractivity contribution in [2.24, 2.45) is 0 Å². The van der Waals surface area contributed by atoms with Gasteiger partial charge in [-0.25, -0.2) is 4.98 Å². The number of carbonyl (C=O) groups excluding carboxylic acids is 3. The molecular formula is C28H38IN5O3. The molecule has 0 saturated carbocycles. The van der Waals surface area contributed by atoms with Crippen LogP contribution in [-0.4, -0.2) is 76.7 Å². The third-order valence-electron chi connectivity index (χ3n) is 6.82. The third kappa shape index (κ3) is 7.50. The number of halogens is 1.